The second-order valence-corrected chi connectivity index (χ2v) is 4.38. The number of halogens is 4. The molecule has 7 heteroatoms. The summed E-state index contributed by atoms with van der Waals surface area (Å²) in [5, 5.41) is 0. The van der Waals surface area contributed by atoms with Gasteiger partial charge in [-0.25, -0.2) is 9.18 Å². The van der Waals surface area contributed by atoms with Crippen LogP contribution in [0.15, 0.2) is 24.4 Å². The van der Waals surface area contributed by atoms with Crippen LogP contribution in [0, 0.1) is 12.7 Å². The summed E-state index contributed by atoms with van der Waals surface area (Å²) in [6.07, 6.45) is -3.44. The van der Waals surface area contributed by atoms with Crippen LogP contribution in [0.5, 0.6) is 0 Å². The van der Waals surface area contributed by atoms with E-state index in [1.54, 1.807) is 0 Å². The van der Waals surface area contributed by atoms with E-state index in [1.165, 1.54) is 20.2 Å². The number of nitrogens with one attached hydrogen (secondary N) is 1. The molecule has 0 aliphatic rings. The van der Waals surface area contributed by atoms with Gasteiger partial charge in [-0.05, 0) is 30.7 Å². The Bertz CT molecular complexity index is 689. The number of aromatic amines is 1. The minimum atomic E-state index is -4.71. The highest BCUT2D eigenvalue weighted by molar-refractivity contribution is 5.93. The van der Waals surface area contributed by atoms with E-state index in [0.29, 0.717) is 11.6 Å². The van der Waals surface area contributed by atoms with Gasteiger partial charge in [0.15, 0.2) is 0 Å². The van der Waals surface area contributed by atoms with Crippen molar-refractivity contribution < 1.29 is 27.1 Å². The second-order valence-electron chi connectivity index (χ2n) is 4.38. The molecule has 1 aromatic carbocycles. The number of alkyl halides is 3. The molecule has 0 amide bonds. The Morgan fingerprint density at radius 1 is 1.29 bits per heavy atom. The molecule has 0 saturated heterocycles. The number of H-pyrrole nitrogens is 1. The summed E-state index contributed by atoms with van der Waals surface area (Å²) in [6.45, 7) is 1.49. The Kier molecular flexibility index (Phi) is 3.76. The molecule has 0 radical (unpaired) electrons. The summed E-state index contributed by atoms with van der Waals surface area (Å²) >= 11 is 0. The molecule has 1 N–H and O–H groups in total. The van der Waals surface area contributed by atoms with Gasteiger partial charge in [-0.15, -0.1) is 0 Å². The molecule has 0 fully saturated rings. The van der Waals surface area contributed by atoms with E-state index in [2.05, 4.69) is 9.72 Å². The van der Waals surface area contributed by atoms with Gasteiger partial charge < -0.3 is 9.72 Å². The summed E-state index contributed by atoms with van der Waals surface area (Å²) in [6, 6.07) is 2.38. The van der Waals surface area contributed by atoms with Crippen LogP contribution in [0.2, 0.25) is 0 Å². The van der Waals surface area contributed by atoms with Gasteiger partial charge in [0.05, 0.1) is 18.2 Å². The number of rotatable bonds is 2. The van der Waals surface area contributed by atoms with E-state index >= 15 is 0 Å². The van der Waals surface area contributed by atoms with E-state index in [1.807, 2.05) is 0 Å². The normalized spacial score (nSPS) is 11.5. The summed E-state index contributed by atoms with van der Waals surface area (Å²) in [7, 11) is 1.17. The van der Waals surface area contributed by atoms with Gasteiger partial charge in [-0.1, -0.05) is 0 Å². The fourth-order valence-corrected chi connectivity index (χ4v) is 2.07. The maximum atomic E-state index is 13.1. The Balaban J connectivity index is 2.63. The van der Waals surface area contributed by atoms with Gasteiger partial charge in [-0.2, -0.15) is 13.2 Å². The van der Waals surface area contributed by atoms with Crippen LogP contribution < -0.4 is 0 Å². The third-order valence-electron chi connectivity index (χ3n) is 3.10. The zero-order valence-corrected chi connectivity index (χ0v) is 11.1. The van der Waals surface area contributed by atoms with Crippen LogP contribution in [0.3, 0.4) is 0 Å². The topological polar surface area (TPSA) is 42.1 Å². The lowest BCUT2D eigenvalue weighted by molar-refractivity contribution is -0.137. The minimum absolute atomic E-state index is 0.0997. The van der Waals surface area contributed by atoms with Crippen LogP contribution in [0.4, 0.5) is 17.6 Å². The maximum Gasteiger partial charge on any atom is 0.417 e. The van der Waals surface area contributed by atoms with E-state index in [9.17, 15) is 22.4 Å². The van der Waals surface area contributed by atoms with Crippen molar-refractivity contribution >= 4 is 5.97 Å². The Morgan fingerprint density at radius 2 is 1.95 bits per heavy atom. The molecule has 0 spiro atoms. The molecule has 2 aromatic rings. The first-order valence-electron chi connectivity index (χ1n) is 5.89. The van der Waals surface area contributed by atoms with Crippen molar-refractivity contribution in [1.29, 1.82) is 0 Å². The number of hydrogen-bond acceptors (Lipinski definition) is 2. The molecule has 0 bridgehead atoms. The molecule has 112 valence electrons. The van der Waals surface area contributed by atoms with Crippen LogP contribution in [0.1, 0.15) is 21.5 Å². The fourth-order valence-electron chi connectivity index (χ4n) is 2.07. The molecule has 0 atom stereocenters. The Hall–Kier alpha value is -2.31. The molecular weight excluding hydrogens is 290 g/mol. The number of carbonyl (C=O) groups is 1. The lowest BCUT2D eigenvalue weighted by atomic mass is 10.00. The SMILES string of the molecule is COC(=O)c1c[nH]c(-c2ccc(F)cc2C(F)(F)F)c1C. The molecule has 0 aliphatic heterocycles. The summed E-state index contributed by atoms with van der Waals surface area (Å²) in [5.41, 5.74) is -0.799. The van der Waals surface area contributed by atoms with Gasteiger partial charge in [0.1, 0.15) is 5.82 Å². The van der Waals surface area contributed by atoms with Gasteiger partial charge in [0.25, 0.3) is 0 Å². The molecule has 3 nitrogen and oxygen atoms in total. The van der Waals surface area contributed by atoms with Gasteiger partial charge in [0, 0.05) is 17.5 Å². The highest BCUT2D eigenvalue weighted by Crippen LogP contribution is 2.38. The van der Waals surface area contributed by atoms with Crippen molar-refractivity contribution in [3.8, 4) is 11.3 Å². The van der Waals surface area contributed by atoms with E-state index in [4.69, 9.17) is 0 Å². The Labute approximate surface area is 117 Å². The minimum Gasteiger partial charge on any atom is -0.465 e. The standard InChI is InChI=1S/C14H11F4NO2/c1-7-10(13(20)21-2)6-19-12(7)9-4-3-8(15)5-11(9)14(16,17)18/h3-6,19H,1-2H3. The molecule has 0 saturated carbocycles. The summed E-state index contributed by atoms with van der Waals surface area (Å²) in [4.78, 5) is 14.1. The number of hydrogen-bond donors (Lipinski definition) is 1. The molecule has 0 aliphatic carbocycles. The third-order valence-corrected chi connectivity index (χ3v) is 3.10. The van der Waals surface area contributed by atoms with Crippen molar-refractivity contribution in [2.75, 3.05) is 7.11 Å². The van der Waals surface area contributed by atoms with Crippen molar-refractivity contribution in [3.63, 3.8) is 0 Å². The van der Waals surface area contributed by atoms with Gasteiger partial charge >= 0.3 is 12.1 Å². The van der Waals surface area contributed by atoms with Crippen LogP contribution >= 0.6 is 0 Å². The zero-order valence-electron chi connectivity index (χ0n) is 11.1. The zero-order chi connectivity index (χ0) is 15.8. The largest absolute Gasteiger partial charge is 0.465 e. The summed E-state index contributed by atoms with van der Waals surface area (Å²) < 4.78 is 56.7. The fraction of sp³-hybridized carbons (Fsp3) is 0.214. The monoisotopic (exact) mass is 301 g/mol. The number of esters is 1. The first kappa shape index (κ1) is 15.1. The van der Waals surface area contributed by atoms with E-state index in [-0.39, 0.29) is 16.8 Å². The van der Waals surface area contributed by atoms with Crippen molar-refractivity contribution in [2.24, 2.45) is 0 Å². The highest BCUT2D eigenvalue weighted by atomic mass is 19.4. The number of benzene rings is 1. The average molecular weight is 301 g/mol. The first-order chi connectivity index (χ1) is 9.75. The second kappa shape index (κ2) is 5.23. The molecule has 1 aromatic heterocycles. The van der Waals surface area contributed by atoms with Gasteiger partial charge in [0.2, 0.25) is 0 Å². The number of methoxy groups -OCH3 is 1. The Morgan fingerprint density at radius 3 is 2.52 bits per heavy atom. The summed E-state index contributed by atoms with van der Waals surface area (Å²) in [5.74, 6) is -1.64. The number of carbonyl (C=O) groups excluding carboxylic acids is 1. The van der Waals surface area contributed by atoms with Crippen molar-refractivity contribution in [1.82, 2.24) is 4.98 Å². The van der Waals surface area contributed by atoms with Crippen LogP contribution in [-0.2, 0) is 10.9 Å². The number of ether oxygens (including phenoxy) is 1. The highest BCUT2D eigenvalue weighted by Gasteiger charge is 2.35. The predicted octanol–water partition coefficient (Wildman–Crippen LogP) is 3.93. The average Bonchev–Trinajstić information content (AvgIpc) is 2.79. The van der Waals surface area contributed by atoms with Crippen LogP contribution in [0.25, 0.3) is 11.3 Å². The predicted molar refractivity (Wildman–Crippen MR) is 67.3 cm³/mol. The maximum absolute atomic E-state index is 13.1. The number of aromatic nitrogens is 1. The first-order valence-corrected chi connectivity index (χ1v) is 5.89. The van der Waals surface area contributed by atoms with Crippen molar-refractivity contribution in [3.05, 3.63) is 46.9 Å². The smallest absolute Gasteiger partial charge is 0.417 e. The third kappa shape index (κ3) is 2.76. The lowest BCUT2D eigenvalue weighted by Crippen LogP contribution is -2.08. The molecular formula is C14H11F4NO2. The van der Waals surface area contributed by atoms with Crippen molar-refractivity contribution in [2.45, 2.75) is 13.1 Å². The molecule has 0 unspecified atom stereocenters. The van der Waals surface area contributed by atoms with E-state index in [0.717, 1.165) is 12.1 Å². The molecule has 2 rings (SSSR count). The molecule has 21 heavy (non-hydrogen) atoms. The van der Waals surface area contributed by atoms with Gasteiger partial charge in [-0.3, -0.25) is 0 Å². The quantitative estimate of drug-likeness (QED) is 0.674. The van der Waals surface area contributed by atoms with Crippen LogP contribution in [-0.4, -0.2) is 18.1 Å². The van der Waals surface area contributed by atoms with E-state index < -0.39 is 23.5 Å². The molecule has 1 heterocycles. The lowest BCUT2D eigenvalue weighted by Gasteiger charge is -2.13.